The molecule has 0 saturated carbocycles. The first-order valence-electron chi connectivity index (χ1n) is 13.6. The number of aryl methyl sites for hydroxylation is 1. The molecule has 0 saturated heterocycles. The SMILES string of the molecule is CCOC(=O)COCCOCCOCCOc1ccc(Cn2c(-c3ccc(Cl)cc3)c(C)c3cc(O)ccc32)cc1. The zero-order valence-corrected chi connectivity index (χ0v) is 24.2. The number of hydrogen-bond acceptors (Lipinski definition) is 7. The van der Waals surface area contributed by atoms with E-state index in [2.05, 4.69) is 23.6 Å². The van der Waals surface area contributed by atoms with Gasteiger partial charge in [-0.2, -0.15) is 0 Å². The van der Waals surface area contributed by atoms with Gasteiger partial charge in [-0.15, -0.1) is 0 Å². The number of nitrogens with zero attached hydrogens (tertiary/aromatic N) is 1. The molecule has 0 bridgehead atoms. The van der Waals surface area contributed by atoms with E-state index in [0.29, 0.717) is 57.8 Å². The van der Waals surface area contributed by atoms with E-state index in [-0.39, 0.29) is 18.3 Å². The molecule has 1 heterocycles. The van der Waals surface area contributed by atoms with E-state index in [1.54, 1.807) is 13.0 Å². The molecule has 4 rings (SSSR count). The Morgan fingerprint density at radius 1 is 0.854 bits per heavy atom. The minimum atomic E-state index is -0.375. The van der Waals surface area contributed by atoms with E-state index in [1.807, 2.05) is 48.5 Å². The maximum absolute atomic E-state index is 11.2. The first kappa shape index (κ1) is 30.4. The largest absolute Gasteiger partial charge is 0.508 e. The number of carbonyl (C=O) groups is 1. The number of hydrogen-bond donors (Lipinski definition) is 1. The summed E-state index contributed by atoms with van der Waals surface area (Å²) in [6.45, 7) is 7.22. The van der Waals surface area contributed by atoms with E-state index in [9.17, 15) is 9.90 Å². The van der Waals surface area contributed by atoms with Gasteiger partial charge in [0.05, 0.1) is 45.3 Å². The summed E-state index contributed by atoms with van der Waals surface area (Å²) in [5.41, 5.74) is 5.43. The quantitative estimate of drug-likeness (QED) is 0.128. The first-order chi connectivity index (χ1) is 20.0. The van der Waals surface area contributed by atoms with Crippen LogP contribution in [0.5, 0.6) is 11.5 Å². The van der Waals surface area contributed by atoms with Crippen molar-refractivity contribution in [2.24, 2.45) is 0 Å². The maximum Gasteiger partial charge on any atom is 0.332 e. The summed E-state index contributed by atoms with van der Waals surface area (Å²) in [7, 11) is 0. The number of phenols is 1. The lowest BCUT2D eigenvalue weighted by Gasteiger charge is -2.13. The van der Waals surface area contributed by atoms with Crippen molar-refractivity contribution in [2.45, 2.75) is 20.4 Å². The number of aromatic nitrogens is 1. The molecule has 1 aromatic heterocycles. The molecule has 4 aromatic rings. The van der Waals surface area contributed by atoms with Crippen molar-refractivity contribution in [1.82, 2.24) is 4.57 Å². The summed E-state index contributed by atoms with van der Waals surface area (Å²) < 4.78 is 29.0. The number of esters is 1. The van der Waals surface area contributed by atoms with Crippen LogP contribution in [0.1, 0.15) is 18.1 Å². The van der Waals surface area contributed by atoms with Crippen LogP contribution in [0.3, 0.4) is 0 Å². The summed E-state index contributed by atoms with van der Waals surface area (Å²) >= 11 is 6.15. The molecule has 3 aromatic carbocycles. The Balaban J connectivity index is 1.24. The monoisotopic (exact) mass is 581 g/mol. The Hall–Kier alpha value is -3.56. The Kier molecular flexibility index (Phi) is 11.5. The molecule has 0 atom stereocenters. The molecule has 41 heavy (non-hydrogen) atoms. The third-order valence-electron chi connectivity index (χ3n) is 6.45. The van der Waals surface area contributed by atoms with Gasteiger partial charge in [-0.3, -0.25) is 0 Å². The summed E-state index contributed by atoms with van der Waals surface area (Å²) in [4.78, 5) is 11.2. The molecular formula is C32H36ClNO7. The minimum absolute atomic E-state index is 0.0647. The number of fused-ring (bicyclic) bond motifs is 1. The topological polar surface area (TPSA) is 88.4 Å². The second-order valence-corrected chi connectivity index (χ2v) is 9.78. The smallest absolute Gasteiger partial charge is 0.332 e. The van der Waals surface area contributed by atoms with Crippen molar-refractivity contribution in [3.8, 4) is 22.8 Å². The van der Waals surface area contributed by atoms with Crippen LogP contribution in [-0.2, 0) is 30.3 Å². The van der Waals surface area contributed by atoms with E-state index >= 15 is 0 Å². The lowest BCUT2D eigenvalue weighted by atomic mass is 10.1. The molecule has 0 aliphatic carbocycles. The van der Waals surface area contributed by atoms with Crippen molar-refractivity contribution in [2.75, 3.05) is 52.9 Å². The Morgan fingerprint density at radius 2 is 1.51 bits per heavy atom. The van der Waals surface area contributed by atoms with Gasteiger partial charge in [0.2, 0.25) is 0 Å². The molecule has 218 valence electrons. The zero-order chi connectivity index (χ0) is 29.0. The Morgan fingerprint density at radius 3 is 2.20 bits per heavy atom. The van der Waals surface area contributed by atoms with Crippen LogP contribution >= 0.6 is 11.6 Å². The van der Waals surface area contributed by atoms with Gasteiger partial charge in [-0.25, -0.2) is 4.79 Å². The van der Waals surface area contributed by atoms with Crippen molar-refractivity contribution < 1.29 is 33.6 Å². The van der Waals surface area contributed by atoms with Crippen LogP contribution in [-0.4, -0.2) is 68.5 Å². The van der Waals surface area contributed by atoms with Crippen LogP contribution < -0.4 is 4.74 Å². The number of phenolic OH excluding ortho intramolecular Hbond substituents is 1. The van der Waals surface area contributed by atoms with Crippen LogP contribution in [0.15, 0.2) is 66.7 Å². The minimum Gasteiger partial charge on any atom is -0.508 e. The van der Waals surface area contributed by atoms with Crippen LogP contribution in [0, 0.1) is 6.92 Å². The van der Waals surface area contributed by atoms with Gasteiger partial charge in [-0.05, 0) is 73.0 Å². The van der Waals surface area contributed by atoms with Gasteiger partial charge >= 0.3 is 5.97 Å². The highest BCUT2D eigenvalue weighted by Crippen LogP contribution is 2.36. The highest BCUT2D eigenvalue weighted by molar-refractivity contribution is 6.30. The maximum atomic E-state index is 11.2. The summed E-state index contributed by atoms with van der Waals surface area (Å²) in [5, 5.41) is 11.8. The van der Waals surface area contributed by atoms with Gasteiger partial charge in [0.25, 0.3) is 0 Å². The first-order valence-corrected chi connectivity index (χ1v) is 14.0. The van der Waals surface area contributed by atoms with Crippen LogP contribution in [0.25, 0.3) is 22.2 Å². The molecule has 0 amide bonds. The van der Waals surface area contributed by atoms with E-state index in [0.717, 1.165) is 39.0 Å². The number of carbonyl (C=O) groups excluding carboxylic acids is 1. The molecule has 0 aliphatic heterocycles. The number of ether oxygens (including phenoxy) is 5. The van der Waals surface area contributed by atoms with E-state index in [4.69, 9.17) is 35.3 Å². The lowest BCUT2D eigenvalue weighted by Crippen LogP contribution is -2.16. The fraction of sp³-hybridized carbons (Fsp3) is 0.344. The van der Waals surface area contributed by atoms with Crippen LogP contribution in [0.2, 0.25) is 5.02 Å². The number of aromatic hydroxyl groups is 1. The normalized spacial score (nSPS) is 11.2. The second-order valence-electron chi connectivity index (χ2n) is 9.34. The molecule has 0 aliphatic rings. The van der Waals surface area contributed by atoms with Gasteiger partial charge in [0, 0.05) is 22.5 Å². The van der Waals surface area contributed by atoms with Gasteiger partial charge in [-0.1, -0.05) is 35.9 Å². The third-order valence-corrected chi connectivity index (χ3v) is 6.70. The molecule has 0 spiro atoms. The Bertz CT molecular complexity index is 1400. The fourth-order valence-corrected chi connectivity index (χ4v) is 4.67. The van der Waals surface area contributed by atoms with Gasteiger partial charge in [0.1, 0.15) is 24.7 Å². The second kappa shape index (κ2) is 15.4. The van der Waals surface area contributed by atoms with Gasteiger partial charge < -0.3 is 33.4 Å². The standard InChI is InChI=1S/C32H36ClNO7/c1-3-40-31(36)22-39-17-16-37-14-15-38-18-19-41-28-11-4-24(5-12-28)21-34-30-13-10-27(35)20-29(30)23(2)32(34)25-6-8-26(33)9-7-25/h4-13,20,35H,3,14-19,21-22H2,1-2H3. The van der Waals surface area contributed by atoms with Gasteiger partial charge in [0.15, 0.2) is 0 Å². The molecule has 0 fully saturated rings. The van der Waals surface area contributed by atoms with Crippen molar-refractivity contribution in [3.05, 3.63) is 82.9 Å². The van der Waals surface area contributed by atoms with E-state index in [1.165, 1.54) is 0 Å². The molecule has 8 nitrogen and oxygen atoms in total. The molecule has 1 N–H and O–H groups in total. The molecule has 0 unspecified atom stereocenters. The molecule has 0 radical (unpaired) electrons. The average molecular weight is 582 g/mol. The number of benzene rings is 3. The van der Waals surface area contributed by atoms with Crippen molar-refractivity contribution in [1.29, 1.82) is 0 Å². The average Bonchev–Trinajstić information content (AvgIpc) is 3.23. The zero-order valence-electron chi connectivity index (χ0n) is 23.4. The van der Waals surface area contributed by atoms with Crippen molar-refractivity contribution >= 4 is 28.5 Å². The Labute approximate surface area is 245 Å². The number of halogens is 1. The predicted molar refractivity (Wildman–Crippen MR) is 159 cm³/mol. The number of rotatable bonds is 16. The fourth-order valence-electron chi connectivity index (χ4n) is 4.54. The summed E-state index contributed by atoms with van der Waals surface area (Å²) in [6, 6.07) is 21.4. The molecular weight excluding hydrogens is 546 g/mol. The van der Waals surface area contributed by atoms with Crippen molar-refractivity contribution in [3.63, 3.8) is 0 Å². The highest BCUT2D eigenvalue weighted by Gasteiger charge is 2.17. The summed E-state index contributed by atoms with van der Waals surface area (Å²) in [5.74, 6) is 0.639. The van der Waals surface area contributed by atoms with Crippen LogP contribution in [0.4, 0.5) is 0 Å². The highest BCUT2D eigenvalue weighted by atomic mass is 35.5. The lowest BCUT2D eigenvalue weighted by molar-refractivity contribution is -0.149. The predicted octanol–water partition coefficient (Wildman–Crippen LogP) is 6.02. The van der Waals surface area contributed by atoms with E-state index < -0.39 is 0 Å². The molecule has 9 heteroatoms. The third kappa shape index (κ3) is 8.71. The summed E-state index contributed by atoms with van der Waals surface area (Å²) in [6.07, 6.45) is 0.